The summed E-state index contributed by atoms with van der Waals surface area (Å²) < 4.78 is 11.5. The summed E-state index contributed by atoms with van der Waals surface area (Å²) >= 11 is 0. The molecule has 0 saturated carbocycles. The van der Waals surface area contributed by atoms with Crippen molar-refractivity contribution >= 4 is 16.9 Å². The van der Waals surface area contributed by atoms with Crippen LogP contribution < -0.4 is 16.0 Å². The van der Waals surface area contributed by atoms with E-state index < -0.39 is 0 Å². The quantitative estimate of drug-likeness (QED) is 0.559. The Labute approximate surface area is 148 Å². The highest BCUT2D eigenvalue weighted by Gasteiger charge is 2.20. The molecular weight excluding hydrogens is 334 g/mol. The summed E-state index contributed by atoms with van der Waals surface area (Å²) in [6.45, 7) is 4.04. The molecule has 4 aromatic rings. The molecule has 0 fully saturated rings. The Morgan fingerprint density at radius 3 is 2.46 bits per heavy atom. The fraction of sp³-hybridized carbons (Fsp3) is 0.278. The minimum absolute atomic E-state index is 0.312. The molecule has 3 heterocycles. The van der Waals surface area contributed by atoms with Crippen molar-refractivity contribution in [1.29, 1.82) is 0 Å². The van der Waals surface area contributed by atoms with Crippen LogP contribution in [0.25, 0.3) is 22.6 Å². The third kappa shape index (κ3) is 2.05. The van der Waals surface area contributed by atoms with Crippen LogP contribution in [0.3, 0.4) is 0 Å². The van der Waals surface area contributed by atoms with Crippen LogP contribution in [0.15, 0.2) is 40.1 Å². The van der Waals surface area contributed by atoms with Crippen LogP contribution in [0.5, 0.6) is 5.75 Å². The predicted molar refractivity (Wildman–Crippen MR) is 98.5 cm³/mol. The third-order valence-corrected chi connectivity index (χ3v) is 4.67. The molecule has 0 aliphatic carbocycles. The second-order valence-electron chi connectivity index (χ2n) is 6.15. The third-order valence-electron chi connectivity index (χ3n) is 4.67. The summed E-state index contributed by atoms with van der Waals surface area (Å²) in [5.41, 5.74) is 1.91. The molecule has 0 radical (unpaired) electrons. The second kappa shape index (κ2) is 5.62. The largest absolute Gasteiger partial charge is 0.497 e. The first-order chi connectivity index (χ1) is 12.5. The minimum Gasteiger partial charge on any atom is -0.497 e. The summed E-state index contributed by atoms with van der Waals surface area (Å²) in [6.07, 6.45) is 1.86. The van der Waals surface area contributed by atoms with Crippen molar-refractivity contribution in [3.05, 3.63) is 57.0 Å². The van der Waals surface area contributed by atoms with Gasteiger partial charge in [0.25, 0.3) is 5.56 Å². The number of aromatic nitrogens is 5. The Morgan fingerprint density at radius 1 is 1.15 bits per heavy atom. The Kier molecular flexibility index (Phi) is 3.50. The van der Waals surface area contributed by atoms with Crippen molar-refractivity contribution in [2.45, 2.75) is 20.4 Å². The Hall–Kier alpha value is -3.29. The van der Waals surface area contributed by atoms with Crippen molar-refractivity contribution in [1.82, 2.24) is 23.1 Å². The molecule has 134 valence electrons. The van der Waals surface area contributed by atoms with E-state index in [1.54, 1.807) is 25.5 Å². The fourth-order valence-electron chi connectivity index (χ4n) is 3.34. The maximum Gasteiger partial charge on any atom is 0.332 e. The minimum atomic E-state index is -0.363. The van der Waals surface area contributed by atoms with Gasteiger partial charge in [-0.25, -0.2) is 4.79 Å². The van der Waals surface area contributed by atoms with Crippen LogP contribution in [0, 0.1) is 6.92 Å². The first-order valence-corrected chi connectivity index (χ1v) is 8.32. The van der Waals surface area contributed by atoms with Gasteiger partial charge in [-0.1, -0.05) is 0 Å². The molecule has 3 aromatic heterocycles. The van der Waals surface area contributed by atoms with Gasteiger partial charge < -0.3 is 4.74 Å². The summed E-state index contributed by atoms with van der Waals surface area (Å²) in [5, 5.41) is 0. The summed E-state index contributed by atoms with van der Waals surface area (Å²) in [4.78, 5) is 29.8. The SMILES string of the molecule is CCn1c(=O)c2c(nc3n(-c4ccc(OC)cc4)c(C)cn23)n(C)c1=O. The average Bonchev–Trinajstić information content (AvgIpc) is 3.15. The van der Waals surface area contributed by atoms with E-state index in [1.807, 2.05) is 42.0 Å². The molecule has 0 N–H and O–H groups in total. The van der Waals surface area contributed by atoms with Gasteiger partial charge in [0.15, 0.2) is 11.2 Å². The summed E-state index contributed by atoms with van der Waals surface area (Å²) in [5.74, 6) is 1.35. The lowest BCUT2D eigenvalue weighted by atomic mass is 10.3. The molecule has 0 spiro atoms. The molecule has 0 atom stereocenters. The highest BCUT2D eigenvalue weighted by Crippen LogP contribution is 2.22. The smallest absolute Gasteiger partial charge is 0.332 e. The number of methoxy groups -OCH3 is 1. The van der Waals surface area contributed by atoms with Gasteiger partial charge in [-0.2, -0.15) is 4.98 Å². The topological polar surface area (TPSA) is 75.5 Å². The van der Waals surface area contributed by atoms with Crippen molar-refractivity contribution in [3.8, 4) is 11.4 Å². The number of aryl methyl sites for hydroxylation is 2. The monoisotopic (exact) mass is 353 g/mol. The average molecular weight is 353 g/mol. The van der Waals surface area contributed by atoms with Gasteiger partial charge in [0.2, 0.25) is 5.78 Å². The number of fused-ring (bicyclic) bond motifs is 3. The summed E-state index contributed by atoms with van der Waals surface area (Å²) in [6, 6.07) is 7.59. The molecule has 0 saturated heterocycles. The van der Waals surface area contributed by atoms with Crippen LogP contribution >= 0.6 is 0 Å². The number of hydrogen-bond donors (Lipinski definition) is 0. The highest BCUT2D eigenvalue weighted by molar-refractivity contribution is 5.76. The lowest BCUT2D eigenvalue weighted by Gasteiger charge is -2.07. The molecule has 0 bridgehead atoms. The number of imidazole rings is 2. The van der Waals surface area contributed by atoms with Crippen LogP contribution in [0.2, 0.25) is 0 Å². The molecule has 0 amide bonds. The standard InChI is InChI=1S/C18H19N5O3/c1-5-21-16(24)14-15(20(3)18(21)25)19-17-22(14)10-11(2)23(17)12-6-8-13(26-4)9-7-12/h6-10H,5H2,1-4H3. The summed E-state index contributed by atoms with van der Waals surface area (Å²) in [7, 11) is 3.25. The van der Waals surface area contributed by atoms with E-state index >= 15 is 0 Å². The maximum atomic E-state index is 12.8. The van der Waals surface area contributed by atoms with Gasteiger partial charge in [-0.15, -0.1) is 0 Å². The van der Waals surface area contributed by atoms with Crippen LogP contribution in [-0.2, 0) is 13.6 Å². The van der Waals surface area contributed by atoms with Crippen LogP contribution in [0.4, 0.5) is 0 Å². The second-order valence-corrected chi connectivity index (χ2v) is 6.15. The van der Waals surface area contributed by atoms with Gasteiger partial charge >= 0.3 is 5.69 Å². The molecule has 26 heavy (non-hydrogen) atoms. The molecule has 0 unspecified atom stereocenters. The Balaban J connectivity index is 2.11. The van der Waals surface area contributed by atoms with Gasteiger partial charge in [-0.05, 0) is 38.1 Å². The maximum absolute atomic E-state index is 12.8. The normalized spacial score (nSPS) is 11.5. The van der Waals surface area contributed by atoms with E-state index in [1.165, 1.54) is 9.13 Å². The Morgan fingerprint density at radius 2 is 1.85 bits per heavy atom. The van der Waals surface area contributed by atoms with Crippen molar-refractivity contribution in [3.63, 3.8) is 0 Å². The van der Waals surface area contributed by atoms with Crippen LogP contribution in [-0.4, -0.2) is 30.2 Å². The highest BCUT2D eigenvalue weighted by atomic mass is 16.5. The zero-order valence-corrected chi connectivity index (χ0v) is 15.1. The van der Waals surface area contributed by atoms with E-state index in [2.05, 4.69) is 4.98 Å². The zero-order chi connectivity index (χ0) is 18.6. The molecule has 8 heteroatoms. The first-order valence-electron chi connectivity index (χ1n) is 8.32. The molecule has 0 aliphatic heterocycles. The van der Waals surface area contributed by atoms with E-state index in [0.717, 1.165) is 17.1 Å². The number of rotatable bonds is 3. The van der Waals surface area contributed by atoms with E-state index in [4.69, 9.17) is 4.74 Å². The molecule has 4 rings (SSSR count). The van der Waals surface area contributed by atoms with Crippen molar-refractivity contribution in [2.24, 2.45) is 7.05 Å². The fourth-order valence-corrected chi connectivity index (χ4v) is 3.34. The van der Waals surface area contributed by atoms with E-state index in [-0.39, 0.29) is 11.2 Å². The predicted octanol–water partition coefficient (Wildman–Crippen LogP) is 1.48. The number of nitrogens with zero attached hydrogens (tertiary/aromatic N) is 5. The van der Waals surface area contributed by atoms with E-state index in [9.17, 15) is 9.59 Å². The molecule has 8 nitrogen and oxygen atoms in total. The number of ether oxygens (including phenoxy) is 1. The first kappa shape index (κ1) is 16.2. The number of hydrogen-bond acceptors (Lipinski definition) is 4. The molecule has 1 aromatic carbocycles. The van der Waals surface area contributed by atoms with Gasteiger partial charge in [0.05, 0.1) is 7.11 Å². The zero-order valence-electron chi connectivity index (χ0n) is 15.1. The van der Waals surface area contributed by atoms with Gasteiger partial charge in [0.1, 0.15) is 5.75 Å². The van der Waals surface area contributed by atoms with Crippen molar-refractivity contribution < 1.29 is 4.74 Å². The van der Waals surface area contributed by atoms with Crippen molar-refractivity contribution in [2.75, 3.05) is 7.11 Å². The number of benzene rings is 1. The van der Waals surface area contributed by atoms with Gasteiger partial charge in [0, 0.05) is 31.2 Å². The lowest BCUT2D eigenvalue weighted by Crippen LogP contribution is -2.38. The van der Waals surface area contributed by atoms with E-state index in [0.29, 0.717) is 23.5 Å². The van der Waals surface area contributed by atoms with Crippen LogP contribution in [0.1, 0.15) is 12.6 Å². The molecular formula is C18H19N5O3. The van der Waals surface area contributed by atoms with Gasteiger partial charge in [-0.3, -0.25) is 22.9 Å². The Bertz CT molecular complexity index is 1250. The lowest BCUT2D eigenvalue weighted by molar-refractivity contribution is 0.415. The molecule has 0 aliphatic rings.